The summed E-state index contributed by atoms with van der Waals surface area (Å²) in [5.41, 5.74) is 1.28. The van der Waals surface area contributed by atoms with Crippen LogP contribution in [0.3, 0.4) is 0 Å². The van der Waals surface area contributed by atoms with Gasteiger partial charge in [0.1, 0.15) is 0 Å². The first-order valence-electron chi connectivity index (χ1n) is 5.57. The van der Waals surface area contributed by atoms with E-state index in [0.29, 0.717) is 6.42 Å². The van der Waals surface area contributed by atoms with Gasteiger partial charge in [-0.2, -0.15) is 0 Å². The molecule has 0 heterocycles. The molecule has 0 unspecified atom stereocenters. The minimum Gasteiger partial charge on any atom is -0.469 e. The summed E-state index contributed by atoms with van der Waals surface area (Å²) < 4.78 is 4.55. The van der Waals surface area contributed by atoms with Gasteiger partial charge in [0.05, 0.1) is 7.11 Å². The van der Waals surface area contributed by atoms with Gasteiger partial charge < -0.3 is 4.74 Å². The third kappa shape index (κ3) is 5.27. The van der Waals surface area contributed by atoms with E-state index in [1.54, 1.807) is 0 Å². The fraction of sp³-hybridized carbons (Fsp3) is 0.615. The number of carbonyl (C=O) groups excluding carboxylic acids is 1. The SMILES string of the molecule is COC(=O)CCCC#CC1=CCCCC1. The van der Waals surface area contributed by atoms with E-state index in [-0.39, 0.29) is 5.97 Å². The van der Waals surface area contributed by atoms with Crippen molar-refractivity contribution in [2.75, 3.05) is 7.11 Å². The highest BCUT2D eigenvalue weighted by atomic mass is 16.5. The lowest BCUT2D eigenvalue weighted by molar-refractivity contribution is -0.140. The van der Waals surface area contributed by atoms with Gasteiger partial charge >= 0.3 is 5.97 Å². The second-order valence-corrected chi connectivity index (χ2v) is 3.71. The van der Waals surface area contributed by atoms with Crippen LogP contribution >= 0.6 is 0 Å². The minimum absolute atomic E-state index is 0.145. The zero-order valence-electron chi connectivity index (χ0n) is 9.34. The Bertz CT molecular complexity index is 291. The molecule has 1 rings (SSSR count). The Morgan fingerprint density at radius 2 is 2.40 bits per heavy atom. The molecule has 0 bridgehead atoms. The zero-order chi connectivity index (χ0) is 10.9. The molecule has 0 amide bonds. The van der Waals surface area contributed by atoms with E-state index >= 15 is 0 Å². The molecule has 0 saturated carbocycles. The van der Waals surface area contributed by atoms with Crippen LogP contribution in [0.4, 0.5) is 0 Å². The van der Waals surface area contributed by atoms with Crippen LogP contribution in [0.2, 0.25) is 0 Å². The molecular weight excluding hydrogens is 188 g/mol. The summed E-state index contributed by atoms with van der Waals surface area (Å²) in [6.45, 7) is 0. The van der Waals surface area contributed by atoms with Crippen molar-refractivity contribution in [1.29, 1.82) is 0 Å². The van der Waals surface area contributed by atoms with Gasteiger partial charge in [0, 0.05) is 12.8 Å². The first-order chi connectivity index (χ1) is 7.33. The lowest BCUT2D eigenvalue weighted by Crippen LogP contribution is -1.98. The number of unbranched alkanes of at least 4 members (excludes halogenated alkanes) is 1. The molecule has 1 aliphatic carbocycles. The quantitative estimate of drug-likeness (QED) is 0.403. The van der Waals surface area contributed by atoms with Crippen molar-refractivity contribution in [2.24, 2.45) is 0 Å². The third-order valence-corrected chi connectivity index (χ3v) is 2.45. The van der Waals surface area contributed by atoms with Crippen LogP contribution in [0.15, 0.2) is 11.6 Å². The molecule has 0 spiro atoms. The van der Waals surface area contributed by atoms with Crippen LogP contribution in [0.1, 0.15) is 44.9 Å². The second-order valence-electron chi connectivity index (χ2n) is 3.71. The Hall–Kier alpha value is -1.23. The first-order valence-corrected chi connectivity index (χ1v) is 5.57. The summed E-state index contributed by atoms with van der Waals surface area (Å²) in [4.78, 5) is 10.8. The van der Waals surface area contributed by atoms with Crippen molar-refractivity contribution in [3.63, 3.8) is 0 Å². The number of esters is 1. The van der Waals surface area contributed by atoms with Crippen molar-refractivity contribution in [2.45, 2.75) is 44.9 Å². The number of allylic oxidation sites excluding steroid dienone is 2. The summed E-state index contributed by atoms with van der Waals surface area (Å²) in [6, 6.07) is 0. The van der Waals surface area contributed by atoms with Gasteiger partial charge in [0.15, 0.2) is 0 Å². The molecule has 0 saturated heterocycles. The van der Waals surface area contributed by atoms with Crippen LogP contribution in [-0.2, 0) is 9.53 Å². The van der Waals surface area contributed by atoms with E-state index in [0.717, 1.165) is 19.3 Å². The fourth-order valence-corrected chi connectivity index (χ4v) is 1.55. The molecular formula is C13H18O2. The van der Waals surface area contributed by atoms with Gasteiger partial charge in [0.2, 0.25) is 0 Å². The predicted octanol–water partition coefficient (Wildman–Crippen LogP) is 2.83. The smallest absolute Gasteiger partial charge is 0.305 e. The molecule has 2 nitrogen and oxygen atoms in total. The highest BCUT2D eigenvalue weighted by Gasteiger charge is 2.00. The Morgan fingerprint density at radius 3 is 3.07 bits per heavy atom. The van der Waals surface area contributed by atoms with Gasteiger partial charge in [-0.3, -0.25) is 4.79 Å². The van der Waals surface area contributed by atoms with Gasteiger partial charge in [-0.15, -0.1) is 0 Å². The van der Waals surface area contributed by atoms with Crippen molar-refractivity contribution >= 4 is 5.97 Å². The van der Waals surface area contributed by atoms with Crippen LogP contribution in [-0.4, -0.2) is 13.1 Å². The highest BCUT2D eigenvalue weighted by Crippen LogP contribution is 2.16. The van der Waals surface area contributed by atoms with Crippen molar-refractivity contribution < 1.29 is 9.53 Å². The summed E-state index contributed by atoms with van der Waals surface area (Å²) in [7, 11) is 1.42. The molecule has 0 aromatic carbocycles. The van der Waals surface area contributed by atoms with E-state index in [9.17, 15) is 4.79 Å². The van der Waals surface area contributed by atoms with Crippen LogP contribution in [0.25, 0.3) is 0 Å². The highest BCUT2D eigenvalue weighted by molar-refractivity contribution is 5.69. The first kappa shape index (κ1) is 11.8. The van der Waals surface area contributed by atoms with Gasteiger partial charge in [-0.1, -0.05) is 17.9 Å². The van der Waals surface area contributed by atoms with Gasteiger partial charge in [-0.05, 0) is 37.7 Å². The van der Waals surface area contributed by atoms with E-state index < -0.39 is 0 Å². The summed E-state index contributed by atoms with van der Waals surface area (Å²) in [5.74, 6) is 6.14. The molecule has 15 heavy (non-hydrogen) atoms. The summed E-state index contributed by atoms with van der Waals surface area (Å²) >= 11 is 0. The van der Waals surface area contributed by atoms with Crippen molar-refractivity contribution in [3.8, 4) is 11.8 Å². The number of carbonyl (C=O) groups is 1. The van der Waals surface area contributed by atoms with Gasteiger partial charge in [0.25, 0.3) is 0 Å². The topological polar surface area (TPSA) is 26.3 Å². The number of methoxy groups -OCH3 is 1. The average molecular weight is 206 g/mol. The van der Waals surface area contributed by atoms with E-state index in [2.05, 4.69) is 22.7 Å². The third-order valence-electron chi connectivity index (χ3n) is 2.45. The number of ether oxygens (including phenoxy) is 1. The van der Waals surface area contributed by atoms with Crippen molar-refractivity contribution in [3.05, 3.63) is 11.6 Å². The monoisotopic (exact) mass is 206 g/mol. The number of hydrogen-bond donors (Lipinski definition) is 0. The molecule has 0 radical (unpaired) electrons. The molecule has 0 atom stereocenters. The number of hydrogen-bond acceptors (Lipinski definition) is 2. The molecule has 0 aromatic heterocycles. The fourth-order valence-electron chi connectivity index (χ4n) is 1.55. The molecule has 82 valence electrons. The molecule has 1 aliphatic rings. The lowest BCUT2D eigenvalue weighted by atomic mass is 10.00. The Kier molecular flexibility index (Phi) is 5.62. The van der Waals surface area contributed by atoms with Crippen LogP contribution < -0.4 is 0 Å². The Morgan fingerprint density at radius 1 is 1.53 bits per heavy atom. The molecule has 0 fully saturated rings. The maximum atomic E-state index is 10.8. The molecule has 0 aliphatic heterocycles. The van der Waals surface area contributed by atoms with Crippen molar-refractivity contribution in [1.82, 2.24) is 0 Å². The summed E-state index contributed by atoms with van der Waals surface area (Å²) in [6.07, 6.45) is 9.16. The standard InChI is InChI=1S/C13H18O2/c1-15-13(14)11-7-3-6-10-12-8-4-2-5-9-12/h8H,2-5,7,9,11H2,1H3. The van der Waals surface area contributed by atoms with E-state index in [4.69, 9.17) is 0 Å². The predicted molar refractivity (Wildman–Crippen MR) is 60.2 cm³/mol. The maximum absolute atomic E-state index is 10.8. The zero-order valence-corrected chi connectivity index (χ0v) is 9.34. The largest absolute Gasteiger partial charge is 0.469 e. The normalized spacial score (nSPS) is 14.9. The Balaban J connectivity index is 2.16. The lowest BCUT2D eigenvalue weighted by Gasteiger charge is -2.05. The number of rotatable bonds is 3. The Labute approximate surface area is 91.7 Å². The van der Waals surface area contributed by atoms with E-state index in [1.807, 2.05) is 0 Å². The van der Waals surface area contributed by atoms with Crippen LogP contribution in [0, 0.1) is 11.8 Å². The minimum atomic E-state index is -0.145. The average Bonchev–Trinajstić information content (AvgIpc) is 2.29. The maximum Gasteiger partial charge on any atom is 0.305 e. The molecule has 0 aromatic rings. The molecule has 2 heteroatoms. The van der Waals surface area contributed by atoms with Crippen LogP contribution in [0.5, 0.6) is 0 Å². The van der Waals surface area contributed by atoms with E-state index in [1.165, 1.54) is 31.9 Å². The van der Waals surface area contributed by atoms with Gasteiger partial charge in [-0.25, -0.2) is 0 Å². The summed E-state index contributed by atoms with van der Waals surface area (Å²) in [5, 5.41) is 0. The second kappa shape index (κ2) is 7.11. The molecule has 0 N–H and O–H groups in total.